The second-order valence-electron chi connectivity index (χ2n) is 9.65. The van der Waals surface area contributed by atoms with Gasteiger partial charge in [0.05, 0.1) is 11.8 Å². The first-order chi connectivity index (χ1) is 17.3. The summed E-state index contributed by atoms with van der Waals surface area (Å²) in [7, 11) is -1.50. The highest BCUT2D eigenvalue weighted by molar-refractivity contribution is 7.88. The van der Waals surface area contributed by atoms with Crippen LogP contribution >= 0.6 is 0 Å². The molecule has 2 aliphatic rings. The van der Waals surface area contributed by atoms with Crippen molar-refractivity contribution in [2.45, 2.75) is 24.7 Å². The Kier molecular flexibility index (Phi) is 7.82. The van der Waals surface area contributed by atoms with Gasteiger partial charge in [0, 0.05) is 57.8 Å². The maximum Gasteiger partial charge on any atom is 0.419 e. The van der Waals surface area contributed by atoms with Gasteiger partial charge in [-0.25, -0.2) is 17.6 Å². The van der Waals surface area contributed by atoms with E-state index in [0.29, 0.717) is 31.7 Å². The molecule has 7 nitrogen and oxygen atoms in total. The Hall–Kier alpha value is -2.70. The summed E-state index contributed by atoms with van der Waals surface area (Å²) in [5, 5.41) is 0. The van der Waals surface area contributed by atoms with Crippen LogP contribution in [-0.4, -0.2) is 92.1 Å². The van der Waals surface area contributed by atoms with E-state index in [1.165, 1.54) is 10.4 Å². The molecule has 2 aliphatic heterocycles. The number of hydrogen-bond donors (Lipinski definition) is 0. The fraction of sp³-hybridized carbons (Fsp3) is 0.480. The molecular weight excluding hydrogens is 512 g/mol. The molecule has 2 atom stereocenters. The monoisotopic (exact) mass is 542 g/mol. The third kappa shape index (κ3) is 6.24. The number of likely N-dealkylation sites (tertiary alicyclic amines) is 1. The molecule has 0 N–H and O–H groups in total. The summed E-state index contributed by atoms with van der Waals surface area (Å²) < 4.78 is 78.0. The summed E-state index contributed by atoms with van der Waals surface area (Å²) in [6, 6.07) is 12.3. The molecule has 2 fully saturated rings. The Bertz CT molecular complexity index is 1220. The number of carbonyl (C=O) groups is 1. The van der Waals surface area contributed by atoms with Crippen LogP contribution < -0.4 is 0 Å². The number of alkyl halides is 3. The minimum absolute atomic E-state index is 0.0632. The van der Waals surface area contributed by atoms with Gasteiger partial charge < -0.3 is 9.80 Å². The highest BCUT2D eigenvalue weighted by atomic mass is 32.2. The van der Waals surface area contributed by atoms with Crippen molar-refractivity contribution >= 4 is 16.1 Å². The minimum Gasteiger partial charge on any atom is -0.322 e. The van der Waals surface area contributed by atoms with E-state index < -0.39 is 27.6 Å². The number of halogens is 4. The Morgan fingerprint density at radius 3 is 2.22 bits per heavy atom. The van der Waals surface area contributed by atoms with Crippen LogP contribution in [-0.2, 0) is 22.7 Å². The first kappa shape index (κ1) is 27.3. The van der Waals surface area contributed by atoms with Gasteiger partial charge in [-0.05, 0) is 30.3 Å². The molecule has 2 aromatic rings. The second kappa shape index (κ2) is 10.6. The van der Waals surface area contributed by atoms with E-state index >= 15 is 0 Å². The molecule has 2 unspecified atom stereocenters. The van der Waals surface area contributed by atoms with E-state index in [4.69, 9.17) is 0 Å². The van der Waals surface area contributed by atoms with Gasteiger partial charge in [-0.2, -0.15) is 17.5 Å². The first-order valence-corrected chi connectivity index (χ1v) is 13.8. The van der Waals surface area contributed by atoms with Crippen molar-refractivity contribution < 1.29 is 30.8 Å². The number of rotatable bonds is 5. The number of hydrogen-bond acceptors (Lipinski definition) is 4. The summed E-state index contributed by atoms with van der Waals surface area (Å²) in [5.74, 6) is -1.37. The molecule has 0 aromatic heterocycles. The molecule has 2 amide bonds. The summed E-state index contributed by atoms with van der Waals surface area (Å²) in [4.78, 5) is 18.7. The molecule has 4 rings (SSSR count). The Morgan fingerprint density at radius 1 is 1.00 bits per heavy atom. The van der Waals surface area contributed by atoms with Crippen molar-refractivity contribution in [3.8, 4) is 0 Å². The standard InChI is InChI=1S/C25H30F4N4O3S/c1-30(15-18-8-9-21(22(26)14-18)25(27,28)29)23-17-32(16-20(23)19-6-4-3-5-7-19)24(34)31-10-12-33(13-11-31)37(2,35)36/h3-9,14,20,23H,10-13,15-17H2,1-2H3. The topological polar surface area (TPSA) is 64.2 Å². The fourth-order valence-corrected chi connectivity index (χ4v) is 5.95. The van der Waals surface area contributed by atoms with E-state index in [1.54, 1.807) is 9.80 Å². The molecule has 0 bridgehead atoms. The highest BCUT2D eigenvalue weighted by Gasteiger charge is 2.41. The van der Waals surface area contributed by atoms with Gasteiger partial charge in [-0.15, -0.1) is 0 Å². The van der Waals surface area contributed by atoms with Gasteiger partial charge in [0.15, 0.2) is 0 Å². The maximum absolute atomic E-state index is 14.2. The largest absolute Gasteiger partial charge is 0.419 e. The van der Waals surface area contributed by atoms with Crippen molar-refractivity contribution in [3.05, 3.63) is 71.0 Å². The SMILES string of the molecule is CN(Cc1ccc(C(F)(F)F)c(F)c1)C1CN(C(=O)N2CCN(S(C)(=O)=O)CC2)CC1c1ccccc1. The summed E-state index contributed by atoms with van der Waals surface area (Å²) in [5.41, 5.74) is 0.131. The van der Waals surface area contributed by atoms with Crippen molar-refractivity contribution in [1.29, 1.82) is 0 Å². The summed E-state index contributed by atoms with van der Waals surface area (Å²) >= 11 is 0. The average molecular weight is 543 g/mol. The Labute approximate surface area is 214 Å². The van der Waals surface area contributed by atoms with Gasteiger partial charge in [-0.1, -0.05) is 36.4 Å². The summed E-state index contributed by atoms with van der Waals surface area (Å²) in [6.07, 6.45) is -3.61. The van der Waals surface area contributed by atoms with Crippen LogP contribution in [0.5, 0.6) is 0 Å². The number of nitrogens with zero attached hydrogens (tertiary/aromatic N) is 4. The van der Waals surface area contributed by atoms with Gasteiger partial charge in [0.1, 0.15) is 5.82 Å². The van der Waals surface area contributed by atoms with E-state index in [9.17, 15) is 30.8 Å². The van der Waals surface area contributed by atoms with E-state index in [1.807, 2.05) is 42.3 Å². The Balaban J connectivity index is 1.50. The zero-order valence-electron chi connectivity index (χ0n) is 20.7. The van der Waals surface area contributed by atoms with Gasteiger partial charge in [-0.3, -0.25) is 4.90 Å². The molecule has 2 heterocycles. The lowest BCUT2D eigenvalue weighted by atomic mass is 9.93. The maximum atomic E-state index is 14.2. The zero-order valence-corrected chi connectivity index (χ0v) is 21.5. The third-order valence-corrected chi connectivity index (χ3v) is 8.41. The molecule has 12 heteroatoms. The molecule has 37 heavy (non-hydrogen) atoms. The van der Waals surface area contributed by atoms with Gasteiger partial charge >= 0.3 is 12.2 Å². The molecule has 0 aliphatic carbocycles. The van der Waals surface area contributed by atoms with Crippen LogP contribution in [0.25, 0.3) is 0 Å². The highest BCUT2D eigenvalue weighted by Crippen LogP contribution is 2.34. The fourth-order valence-electron chi connectivity index (χ4n) is 5.12. The van der Waals surface area contributed by atoms with E-state index in [-0.39, 0.29) is 37.6 Å². The second-order valence-corrected chi connectivity index (χ2v) is 11.6. The van der Waals surface area contributed by atoms with Crippen LogP contribution in [0.15, 0.2) is 48.5 Å². The Morgan fingerprint density at radius 2 is 1.65 bits per heavy atom. The van der Waals surface area contributed by atoms with Crippen molar-refractivity contribution in [2.75, 3.05) is 52.6 Å². The van der Waals surface area contributed by atoms with Crippen LogP contribution in [0.1, 0.15) is 22.6 Å². The van der Waals surface area contributed by atoms with E-state index in [0.717, 1.165) is 24.0 Å². The first-order valence-electron chi connectivity index (χ1n) is 11.9. The van der Waals surface area contributed by atoms with Gasteiger partial charge in [0.2, 0.25) is 10.0 Å². The number of likely N-dealkylation sites (N-methyl/N-ethyl adjacent to an activating group) is 1. The van der Waals surface area contributed by atoms with Gasteiger partial charge in [0.25, 0.3) is 0 Å². The lowest BCUT2D eigenvalue weighted by Crippen LogP contribution is -2.53. The number of sulfonamides is 1. The van der Waals surface area contributed by atoms with Crippen molar-refractivity contribution in [3.63, 3.8) is 0 Å². The van der Waals surface area contributed by atoms with Crippen molar-refractivity contribution in [2.24, 2.45) is 0 Å². The number of urea groups is 1. The number of benzene rings is 2. The molecule has 2 saturated heterocycles. The lowest BCUT2D eigenvalue weighted by Gasteiger charge is -2.35. The number of amides is 2. The molecule has 202 valence electrons. The molecule has 0 saturated carbocycles. The number of carbonyl (C=O) groups excluding carboxylic acids is 1. The average Bonchev–Trinajstić information content (AvgIpc) is 3.29. The predicted octanol–water partition coefficient (Wildman–Crippen LogP) is 3.44. The molecule has 2 aromatic carbocycles. The van der Waals surface area contributed by atoms with Crippen molar-refractivity contribution in [1.82, 2.24) is 19.0 Å². The molecule has 0 spiro atoms. The number of piperazine rings is 1. The van der Waals surface area contributed by atoms with Crippen LogP contribution in [0.4, 0.5) is 22.4 Å². The van der Waals surface area contributed by atoms with Crippen LogP contribution in [0.2, 0.25) is 0 Å². The molecular formula is C25H30F4N4O3S. The summed E-state index contributed by atoms with van der Waals surface area (Å²) in [6.45, 7) is 2.09. The van der Waals surface area contributed by atoms with E-state index in [2.05, 4.69) is 0 Å². The predicted molar refractivity (Wildman–Crippen MR) is 131 cm³/mol. The lowest BCUT2D eigenvalue weighted by molar-refractivity contribution is -0.140. The van der Waals surface area contributed by atoms with Crippen LogP contribution in [0.3, 0.4) is 0 Å². The minimum atomic E-state index is -4.76. The third-order valence-electron chi connectivity index (χ3n) is 7.10. The molecule has 0 radical (unpaired) electrons. The quantitative estimate of drug-likeness (QED) is 0.544. The normalized spacial score (nSPS) is 21.6. The zero-order chi connectivity index (χ0) is 27.0. The van der Waals surface area contributed by atoms with Crippen LogP contribution in [0, 0.1) is 5.82 Å². The smallest absolute Gasteiger partial charge is 0.322 e.